The maximum atomic E-state index is 5.87. The first-order valence-corrected chi connectivity index (χ1v) is 6.44. The first kappa shape index (κ1) is 13.9. The number of aryl methyl sites for hydroxylation is 1. The molecule has 2 rings (SSSR count). The molecular weight excluding hydrogens is 250 g/mol. The van der Waals surface area contributed by atoms with Crippen molar-refractivity contribution in [3.8, 4) is 5.75 Å². The molecular formula is C16H19N3O. The van der Waals surface area contributed by atoms with Crippen LogP contribution in [0.4, 0.5) is 5.69 Å². The molecule has 0 amide bonds. The van der Waals surface area contributed by atoms with E-state index in [9.17, 15) is 0 Å². The van der Waals surface area contributed by atoms with Gasteiger partial charge in [0.15, 0.2) is 5.96 Å². The monoisotopic (exact) mass is 269 g/mol. The van der Waals surface area contributed by atoms with Crippen LogP contribution < -0.4 is 15.8 Å². The van der Waals surface area contributed by atoms with Gasteiger partial charge in [0.1, 0.15) is 5.75 Å². The number of benzene rings is 2. The number of rotatable bonds is 4. The number of ether oxygens (including phenoxy) is 1. The summed E-state index contributed by atoms with van der Waals surface area (Å²) in [6, 6.07) is 15.8. The molecule has 0 aromatic heterocycles. The summed E-state index contributed by atoms with van der Waals surface area (Å²) in [7, 11) is 1.66. The highest BCUT2D eigenvalue weighted by atomic mass is 16.5. The average Bonchev–Trinajstić information content (AvgIpc) is 2.45. The zero-order chi connectivity index (χ0) is 14.4. The van der Waals surface area contributed by atoms with Crippen molar-refractivity contribution in [1.29, 1.82) is 0 Å². The zero-order valence-corrected chi connectivity index (χ0v) is 11.8. The highest BCUT2D eigenvalue weighted by Crippen LogP contribution is 2.17. The van der Waals surface area contributed by atoms with E-state index in [0.29, 0.717) is 12.5 Å². The van der Waals surface area contributed by atoms with E-state index in [4.69, 9.17) is 10.5 Å². The molecule has 20 heavy (non-hydrogen) atoms. The van der Waals surface area contributed by atoms with Gasteiger partial charge in [0.05, 0.1) is 13.7 Å². The highest BCUT2D eigenvalue weighted by molar-refractivity contribution is 5.92. The summed E-state index contributed by atoms with van der Waals surface area (Å²) in [4.78, 5) is 4.33. The molecule has 0 aliphatic rings. The van der Waals surface area contributed by atoms with Crippen LogP contribution in [0.15, 0.2) is 53.5 Å². The third kappa shape index (κ3) is 4.02. The summed E-state index contributed by atoms with van der Waals surface area (Å²) in [6.45, 7) is 2.55. The smallest absolute Gasteiger partial charge is 0.193 e. The van der Waals surface area contributed by atoms with E-state index in [1.54, 1.807) is 7.11 Å². The maximum absolute atomic E-state index is 5.87. The lowest BCUT2D eigenvalue weighted by Crippen LogP contribution is -2.22. The highest BCUT2D eigenvalue weighted by Gasteiger charge is 1.99. The Balaban J connectivity index is 2.03. The number of aliphatic imine (C=N–C) groups is 1. The summed E-state index contributed by atoms with van der Waals surface area (Å²) < 4.78 is 5.24. The van der Waals surface area contributed by atoms with Crippen molar-refractivity contribution in [3.63, 3.8) is 0 Å². The topological polar surface area (TPSA) is 59.6 Å². The Morgan fingerprint density at radius 1 is 1.20 bits per heavy atom. The Morgan fingerprint density at radius 3 is 2.65 bits per heavy atom. The fraction of sp³-hybridized carbons (Fsp3) is 0.188. The molecule has 0 atom stereocenters. The summed E-state index contributed by atoms with van der Waals surface area (Å²) in [6.07, 6.45) is 0. The molecule has 104 valence electrons. The first-order chi connectivity index (χ1) is 9.67. The van der Waals surface area contributed by atoms with Gasteiger partial charge in [-0.05, 0) is 42.3 Å². The van der Waals surface area contributed by atoms with Gasteiger partial charge in [-0.25, -0.2) is 4.99 Å². The molecule has 0 radical (unpaired) electrons. The predicted molar refractivity (Wildman–Crippen MR) is 83.1 cm³/mol. The second kappa shape index (κ2) is 6.61. The van der Waals surface area contributed by atoms with Gasteiger partial charge < -0.3 is 15.8 Å². The number of para-hydroxylation sites is 1. The number of guanidine groups is 1. The zero-order valence-electron chi connectivity index (χ0n) is 11.8. The van der Waals surface area contributed by atoms with Crippen LogP contribution in [0.25, 0.3) is 0 Å². The molecule has 0 spiro atoms. The lowest BCUT2D eigenvalue weighted by atomic mass is 10.1. The Bertz CT molecular complexity index is 594. The van der Waals surface area contributed by atoms with Crippen LogP contribution >= 0.6 is 0 Å². The van der Waals surface area contributed by atoms with E-state index in [1.807, 2.05) is 49.4 Å². The van der Waals surface area contributed by atoms with Crippen molar-refractivity contribution >= 4 is 11.6 Å². The molecule has 0 saturated carbocycles. The van der Waals surface area contributed by atoms with Gasteiger partial charge in [0.2, 0.25) is 0 Å². The lowest BCUT2D eigenvalue weighted by molar-refractivity contribution is 0.414. The molecule has 2 aromatic rings. The minimum atomic E-state index is 0.400. The number of nitrogens with one attached hydrogen (secondary N) is 1. The molecule has 0 aliphatic heterocycles. The first-order valence-electron chi connectivity index (χ1n) is 6.44. The fourth-order valence-corrected chi connectivity index (χ4v) is 1.92. The van der Waals surface area contributed by atoms with Crippen LogP contribution in [-0.4, -0.2) is 13.1 Å². The Morgan fingerprint density at radius 2 is 1.95 bits per heavy atom. The van der Waals surface area contributed by atoms with Crippen LogP contribution in [0, 0.1) is 6.92 Å². The normalized spacial score (nSPS) is 11.2. The molecule has 2 aromatic carbocycles. The van der Waals surface area contributed by atoms with E-state index in [-0.39, 0.29) is 0 Å². The predicted octanol–water partition coefficient (Wildman–Crippen LogP) is 2.93. The molecule has 0 saturated heterocycles. The van der Waals surface area contributed by atoms with Gasteiger partial charge >= 0.3 is 0 Å². The van der Waals surface area contributed by atoms with E-state index in [1.165, 1.54) is 0 Å². The summed E-state index contributed by atoms with van der Waals surface area (Å²) >= 11 is 0. The second-order valence-electron chi connectivity index (χ2n) is 4.55. The third-order valence-corrected chi connectivity index (χ3v) is 2.82. The van der Waals surface area contributed by atoms with Crippen LogP contribution in [-0.2, 0) is 6.54 Å². The maximum Gasteiger partial charge on any atom is 0.193 e. The third-order valence-electron chi connectivity index (χ3n) is 2.82. The minimum Gasteiger partial charge on any atom is -0.497 e. The molecule has 4 nitrogen and oxygen atoms in total. The summed E-state index contributed by atoms with van der Waals surface area (Å²) in [5.74, 6) is 1.24. The number of hydrogen-bond acceptors (Lipinski definition) is 2. The van der Waals surface area contributed by atoms with Crippen molar-refractivity contribution < 1.29 is 4.74 Å². The van der Waals surface area contributed by atoms with Gasteiger partial charge in [-0.1, -0.05) is 24.3 Å². The number of nitrogens with zero attached hydrogens (tertiary/aromatic N) is 1. The molecule has 3 N–H and O–H groups in total. The van der Waals surface area contributed by atoms with Crippen LogP contribution in [0.1, 0.15) is 11.1 Å². The SMILES string of the molecule is COc1cc(C)cc(CN=C(N)Nc2ccccc2)c1. The quantitative estimate of drug-likeness (QED) is 0.662. The molecule has 0 unspecified atom stereocenters. The van der Waals surface area contributed by atoms with Crippen molar-refractivity contribution in [2.45, 2.75) is 13.5 Å². The lowest BCUT2D eigenvalue weighted by Gasteiger charge is -2.07. The van der Waals surface area contributed by atoms with E-state index >= 15 is 0 Å². The van der Waals surface area contributed by atoms with Gasteiger partial charge in [-0.2, -0.15) is 0 Å². The fourth-order valence-electron chi connectivity index (χ4n) is 1.92. The standard InChI is InChI=1S/C16H19N3O/c1-12-8-13(10-15(9-12)20-2)11-18-16(17)19-14-6-4-3-5-7-14/h3-10H,11H2,1-2H3,(H3,17,18,19). The molecule has 0 heterocycles. The molecule has 0 fully saturated rings. The Hall–Kier alpha value is -2.49. The summed E-state index contributed by atoms with van der Waals surface area (Å²) in [5, 5.41) is 3.05. The van der Waals surface area contributed by atoms with Crippen molar-refractivity contribution in [2.75, 3.05) is 12.4 Å². The number of anilines is 1. The van der Waals surface area contributed by atoms with Crippen LogP contribution in [0.2, 0.25) is 0 Å². The van der Waals surface area contributed by atoms with Gasteiger partial charge in [0, 0.05) is 5.69 Å². The van der Waals surface area contributed by atoms with Crippen LogP contribution in [0.5, 0.6) is 5.75 Å². The van der Waals surface area contributed by atoms with Gasteiger partial charge in [-0.3, -0.25) is 0 Å². The second-order valence-corrected chi connectivity index (χ2v) is 4.55. The number of nitrogens with two attached hydrogens (primary N) is 1. The number of hydrogen-bond donors (Lipinski definition) is 2. The molecule has 0 bridgehead atoms. The molecule has 0 aliphatic carbocycles. The van der Waals surface area contributed by atoms with Crippen molar-refractivity contribution in [2.24, 2.45) is 10.7 Å². The largest absolute Gasteiger partial charge is 0.497 e. The van der Waals surface area contributed by atoms with E-state index in [2.05, 4.69) is 16.4 Å². The Labute approximate surface area is 119 Å². The van der Waals surface area contributed by atoms with Crippen LogP contribution in [0.3, 0.4) is 0 Å². The minimum absolute atomic E-state index is 0.400. The van der Waals surface area contributed by atoms with Gasteiger partial charge in [-0.15, -0.1) is 0 Å². The average molecular weight is 269 g/mol. The molecule has 4 heteroatoms. The van der Waals surface area contributed by atoms with Gasteiger partial charge in [0.25, 0.3) is 0 Å². The number of methoxy groups -OCH3 is 1. The van der Waals surface area contributed by atoms with Crippen molar-refractivity contribution in [1.82, 2.24) is 0 Å². The van der Waals surface area contributed by atoms with E-state index < -0.39 is 0 Å². The Kier molecular flexibility index (Phi) is 4.60. The van der Waals surface area contributed by atoms with Crippen molar-refractivity contribution in [3.05, 3.63) is 59.7 Å². The summed E-state index contributed by atoms with van der Waals surface area (Å²) in [5.41, 5.74) is 9.01. The van der Waals surface area contributed by atoms with E-state index in [0.717, 1.165) is 22.6 Å².